The molecule has 1 N–H and O–H groups in total. The molecule has 1 aromatic rings. The first-order chi connectivity index (χ1) is 8.26. The molecule has 2 fully saturated rings. The summed E-state index contributed by atoms with van der Waals surface area (Å²) in [6.07, 6.45) is 3.29. The summed E-state index contributed by atoms with van der Waals surface area (Å²) in [4.78, 5) is 4.23. The van der Waals surface area contributed by atoms with E-state index in [2.05, 4.69) is 14.7 Å². The Balaban J connectivity index is 1.60. The lowest BCUT2D eigenvalue weighted by molar-refractivity contribution is -0.0205. The number of rotatable bonds is 2. The maximum absolute atomic E-state index is 5.96. The van der Waals surface area contributed by atoms with Gasteiger partial charge in [-0.25, -0.2) is 0 Å². The van der Waals surface area contributed by atoms with Crippen molar-refractivity contribution in [1.29, 1.82) is 0 Å². The lowest BCUT2D eigenvalue weighted by atomic mass is 9.89. The van der Waals surface area contributed by atoms with Crippen LogP contribution in [0.2, 0.25) is 0 Å². The van der Waals surface area contributed by atoms with Crippen molar-refractivity contribution in [2.24, 2.45) is 0 Å². The molecule has 1 atom stereocenters. The molecule has 3 rings (SSSR count). The first-order valence-corrected chi connectivity index (χ1v) is 6.85. The molecule has 94 valence electrons. The SMILES string of the molecule is Cc1nsc(OC2COC3(CCNCC3)C2)n1. The van der Waals surface area contributed by atoms with Crippen molar-refractivity contribution in [1.82, 2.24) is 14.7 Å². The van der Waals surface area contributed by atoms with Crippen LogP contribution >= 0.6 is 11.5 Å². The Bertz CT molecular complexity index is 390. The van der Waals surface area contributed by atoms with E-state index in [1.54, 1.807) is 0 Å². The van der Waals surface area contributed by atoms with Crippen LogP contribution in [0, 0.1) is 6.92 Å². The molecule has 1 aromatic heterocycles. The Kier molecular flexibility index (Phi) is 3.02. The van der Waals surface area contributed by atoms with E-state index in [0.717, 1.165) is 38.2 Å². The number of piperidine rings is 1. The van der Waals surface area contributed by atoms with E-state index >= 15 is 0 Å². The van der Waals surface area contributed by atoms with Gasteiger partial charge in [0.2, 0.25) is 0 Å². The van der Waals surface area contributed by atoms with Gasteiger partial charge in [-0.05, 0) is 32.9 Å². The summed E-state index contributed by atoms with van der Waals surface area (Å²) in [5.74, 6) is 0.778. The minimum absolute atomic E-state index is 0.0512. The number of hydrogen-bond donors (Lipinski definition) is 1. The third-order valence-corrected chi connectivity index (χ3v) is 4.17. The average molecular weight is 255 g/mol. The van der Waals surface area contributed by atoms with Crippen LogP contribution in [0.1, 0.15) is 25.1 Å². The van der Waals surface area contributed by atoms with Crippen LogP contribution in [0.4, 0.5) is 0 Å². The lowest BCUT2D eigenvalue weighted by Crippen LogP contribution is -2.41. The van der Waals surface area contributed by atoms with E-state index in [1.165, 1.54) is 11.5 Å². The highest BCUT2D eigenvalue weighted by Crippen LogP contribution is 2.35. The molecule has 0 aliphatic carbocycles. The molecular weight excluding hydrogens is 238 g/mol. The molecule has 2 aliphatic heterocycles. The second-order valence-electron chi connectivity index (χ2n) is 4.80. The summed E-state index contributed by atoms with van der Waals surface area (Å²) in [5, 5.41) is 4.03. The fraction of sp³-hybridized carbons (Fsp3) is 0.818. The van der Waals surface area contributed by atoms with Gasteiger partial charge in [0, 0.05) is 18.0 Å². The highest BCUT2D eigenvalue weighted by atomic mass is 32.1. The molecule has 2 saturated heterocycles. The van der Waals surface area contributed by atoms with E-state index in [9.17, 15) is 0 Å². The first kappa shape index (κ1) is 11.4. The summed E-state index contributed by atoms with van der Waals surface area (Å²) < 4.78 is 15.9. The highest BCUT2D eigenvalue weighted by molar-refractivity contribution is 7.07. The monoisotopic (exact) mass is 255 g/mol. The Labute approximate surface area is 105 Å². The van der Waals surface area contributed by atoms with Crippen molar-refractivity contribution in [2.75, 3.05) is 19.7 Å². The van der Waals surface area contributed by atoms with Crippen molar-refractivity contribution in [3.63, 3.8) is 0 Å². The second-order valence-corrected chi connectivity index (χ2v) is 5.51. The maximum Gasteiger partial charge on any atom is 0.293 e. The molecule has 17 heavy (non-hydrogen) atoms. The number of ether oxygens (including phenoxy) is 2. The zero-order valence-corrected chi connectivity index (χ0v) is 10.8. The molecule has 2 aliphatic rings. The van der Waals surface area contributed by atoms with Crippen molar-refractivity contribution < 1.29 is 9.47 Å². The summed E-state index contributed by atoms with van der Waals surface area (Å²) in [6.45, 7) is 4.65. The smallest absolute Gasteiger partial charge is 0.293 e. The zero-order valence-electron chi connectivity index (χ0n) is 9.94. The van der Waals surface area contributed by atoms with Crippen LogP contribution in [0.15, 0.2) is 0 Å². The van der Waals surface area contributed by atoms with Gasteiger partial charge in [0.25, 0.3) is 5.19 Å². The Morgan fingerprint density at radius 3 is 3.00 bits per heavy atom. The topological polar surface area (TPSA) is 56.3 Å². The predicted molar refractivity (Wildman–Crippen MR) is 64.5 cm³/mol. The van der Waals surface area contributed by atoms with E-state index < -0.39 is 0 Å². The summed E-state index contributed by atoms with van der Waals surface area (Å²) in [6, 6.07) is 0. The normalized spacial score (nSPS) is 27.5. The molecule has 0 radical (unpaired) electrons. The first-order valence-electron chi connectivity index (χ1n) is 6.07. The van der Waals surface area contributed by atoms with Gasteiger partial charge in [-0.3, -0.25) is 0 Å². The van der Waals surface area contributed by atoms with Crippen molar-refractivity contribution in [3.05, 3.63) is 5.82 Å². The standard InChI is InChI=1S/C11H17N3O2S/c1-8-13-10(17-14-8)16-9-6-11(15-7-9)2-4-12-5-3-11/h9,12H,2-7H2,1H3. The van der Waals surface area contributed by atoms with E-state index in [1.807, 2.05) is 6.92 Å². The molecule has 0 aromatic carbocycles. The maximum atomic E-state index is 5.96. The Morgan fingerprint density at radius 2 is 2.29 bits per heavy atom. The van der Waals surface area contributed by atoms with E-state index in [4.69, 9.17) is 9.47 Å². The molecule has 3 heterocycles. The van der Waals surface area contributed by atoms with Gasteiger partial charge in [-0.2, -0.15) is 9.36 Å². The third-order valence-electron chi connectivity index (χ3n) is 3.47. The van der Waals surface area contributed by atoms with Crippen molar-refractivity contribution >= 4 is 11.5 Å². The Hall–Kier alpha value is -0.720. The van der Waals surface area contributed by atoms with Crippen LogP contribution in [0.25, 0.3) is 0 Å². The molecule has 1 spiro atoms. The van der Waals surface area contributed by atoms with Crippen LogP contribution in [0.3, 0.4) is 0 Å². The van der Waals surface area contributed by atoms with E-state index in [0.29, 0.717) is 11.8 Å². The fourth-order valence-electron chi connectivity index (χ4n) is 2.58. The minimum atomic E-state index is 0.0512. The largest absolute Gasteiger partial charge is 0.463 e. The van der Waals surface area contributed by atoms with Crippen molar-refractivity contribution in [2.45, 2.75) is 37.9 Å². The molecular formula is C11H17N3O2S. The van der Waals surface area contributed by atoms with Crippen molar-refractivity contribution in [3.8, 4) is 5.19 Å². The van der Waals surface area contributed by atoms with Crippen LogP contribution in [0.5, 0.6) is 5.19 Å². The van der Waals surface area contributed by atoms with Crippen LogP contribution < -0.4 is 10.1 Å². The summed E-state index contributed by atoms with van der Waals surface area (Å²) in [5.41, 5.74) is 0.0512. The number of aryl methyl sites for hydroxylation is 1. The molecule has 6 heteroatoms. The molecule has 1 unspecified atom stereocenters. The van der Waals surface area contributed by atoms with E-state index in [-0.39, 0.29) is 11.7 Å². The van der Waals surface area contributed by atoms with Gasteiger partial charge in [-0.15, -0.1) is 0 Å². The summed E-state index contributed by atoms with van der Waals surface area (Å²) in [7, 11) is 0. The molecule has 0 saturated carbocycles. The highest BCUT2D eigenvalue weighted by Gasteiger charge is 2.42. The van der Waals surface area contributed by atoms with Gasteiger partial charge in [0.05, 0.1) is 12.2 Å². The number of nitrogens with one attached hydrogen (secondary N) is 1. The quantitative estimate of drug-likeness (QED) is 0.858. The van der Waals surface area contributed by atoms with Crippen LogP contribution in [-0.2, 0) is 4.74 Å². The number of aromatic nitrogens is 2. The van der Waals surface area contributed by atoms with Gasteiger partial charge in [0.1, 0.15) is 11.9 Å². The van der Waals surface area contributed by atoms with Gasteiger partial charge in [-0.1, -0.05) is 0 Å². The van der Waals surface area contributed by atoms with Gasteiger partial charge in [0.15, 0.2) is 0 Å². The number of hydrogen-bond acceptors (Lipinski definition) is 6. The van der Waals surface area contributed by atoms with Crippen LogP contribution in [-0.4, -0.2) is 40.8 Å². The minimum Gasteiger partial charge on any atom is -0.463 e. The summed E-state index contributed by atoms with van der Waals surface area (Å²) >= 11 is 1.32. The number of nitrogens with zero attached hydrogens (tertiary/aromatic N) is 2. The third kappa shape index (κ3) is 2.43. The lowest BCUT2D eigenvalue weighted by Gasteiger charge is -2.32. The fourth-order valence-corrected chi connectivity index (χ4v) is 3.18. The second kappa shape index (κ2) is 4.51. The zero-order chi connectivity index (χ0) is 11.7. The molecule has 0 bridgehead atoms. The van der Waals surface area contributed by atoms with Gasteiger partial charge >= 0.3 is 0 Å². The Morgan fingerprint density at radius 1 is 1.47 bits per heavy atom. The molecule has 5 nitrogen and oxygen atoms in total. The molecule has 0 amide bonds. The average Bonchev–Trinajstić information content (AvgIpc) is 2.89. The predicted octanol–water partition coefficient (Wildman–Crippen LogP) is 1.14. The van der Waals surface area contributed by atoms with Gasteiger partial charge < -0.3 is 14.8 Å².